The summed E-state index contributed by atoms with van der Waals surface area (Å²) in [7, 11) is 0. The molecule has 1 aliphatic rings. The Bertz CT molecular complexity index is 435. The average molecular weight is 224 g/mol. The standard InChI is InChI=1S/C11H16N2O3/c1-4-13-8-5-11(2,3)16-6-7(8)9(12-13)10(14)15/h4-6H2,1-3H3,(H,14,15). The molecule has 0 bridgehead atoms. The number of nitrogens with zero attached hydrogens (tertiary/aromatic N) is 2. The summed E-state index contributed by atoms with van der Waals surface area (Å²) in [5.74, 6) is -0.980. The van der Waals surface area contributed by atoms with E-state index >= 15 is 0 Å². The van der Waals surface area contributed by atoms with Gasteiger partial charge in [-0.15, -0.1) is 0 Å². The molecule has 2 rings (SSSR count). The molecule has 0 aliphatic carbocycles. The Morgan fingerprint density at radius 1 is 1.62 bits per heavy atom. The predicted octanol–water partition coefficient (Wildman–Crippen LogP) is 1.45. The largest absolute Gasteiger partial charge is 0.476 e. The van der Waals surface area contributed by atoms with Gasteiger partial charge < -0.3 is 9.84 Å². The molecule has 16 heavy (non-hydrogen) atoms. The van der Waals surface area contributed by atoms with E-state index in [1.165, 1.54) is 0 Å². The molecule has 88 valence electrons. The van der Waals surface area contributed by atoms with Crippen LogP contribution in [0, 0.1) is 0 Å². The van der Waals surface area contributed by atoms with Crippen LogP contribution in [-0.2, 0) is 24.3 Å². The molecular weight excluding hydrogens is 208 g/mol. The van der Waals surface area contributed by atoms with E-state index in [4.69, 9.17) is 9.84 Å². The summed E-state index contributed by atoms with van der Waals surface area (Å²) >= 11 is 0. The van der Waals surface area contributed by atoms with Gasteiger partial charge in [-0.3, -0.25) is 4.68 Å². The maximum Gasteiger partial charge on any atom is 0.356 e. The van der Waals surface area contributed by atoms with Crippen LogP contribution in [0.3, 0.4) is 0 Å². The smallest absolute Gasteiger partial charge is 0.356 e. The Hall–Kier alpha value is -1.36. The summed E-state index contributed by atoms with van der Waals surface area (Å²) in [4.78, 5) is 11.0. The van der Waals surface area contributed by atoms with Crippen LogP contribution in [0.25, 0.3) is 0 Å². The summed E-state index contributed by atoms with van der Waals surface area (Å²) in [5.41, 5.74) is 1.62. The van der Waals surface area contributed by atoms with Gasteiger partial charge in [0.2, 0.25) is 0 Å². The monoisotopic (exact) mass is 224 g/mol. The maximum atomic E-state index is 11.0. The van der Waals surface area contributed by atoms with Gasteiger partial charge in [-0.25, -0.2) is 4.79 Å². The van der Waals surface area contributed by atoms with E-state index in [0.29, 0.717) is 19.6 Å². The third-order valence-corrected chi connectivity index (χ3v) is 2.87. The Labute approximate surface area is 94.0 Å². The molecule has 1 N–H and O–H groups in total. The number of hydrogen-bond donors (Lipinski definition) is 1. The Morgan fingerprint density at radius 3 is 2.88 bits per heavy atom. The van der Waals surface area contributed by atoms with Gasteiger partial charge in [0.05, 0.1) is 12.2 Å². The number of aromatic carboxylic acids is 1. The zero-order valence-electron chi connectivity index (χ0n) is 9.78. The summed E-state index contributed by atoms with van der Waals surface area (Å²) in [5, 5.41) is 13.2. The highest BCUT2D eigenvalue weighted by Crippen LogP contribution is 2.29. The van der Waals surface area contributed by atoms with Gasteiger partial charge in [-0.05, 0) is 20.8 Å². The molecule has 5 heteroatoms. The fraction of sp³-hybridized carbons (Fsp3) is 0.636. The second-order valence-electron chi connectivity index (χ2n) is 4.62. The van der Waals surface area contributed by atoms with Crippen molar-refractivity contribution in [3.8, 4) is 0 Å². The van der Waals surface area contributed by atoms with Crippen molar-refractivity contribution in [3.05, 3.63) is 17.0 Å². The molecule has 5 nitrogen and oxygen atoms in total. The highest BCUT2D eigenvalue weighted by atomic mass is 16.5. The minimum absolute atomic E-state index is 0.132. The molecule has 0 unspecified atom stereocenters. The maximum absolute atomic E-state index is 11.0. The van der Waals surface area contributed by atoms with Crippen LogP contribution in [0.2, 0.25) is 0 Å². The van der Waals surface area contributed by atoms with Gasteiger partial charge in [0, 0.05) is 24.2 Å². The van der Waals surface area contributed by atoms with Gasteiger partial charge in [-0.1, -0.05) is 0 Å². The van der Waals surface area contributed by atoms with Crippen LogP contribution in [0.4, 0.5) is 0 Å². The van der Waals surface area contributed by atoms with E-state index in [1.54, 1.807) is 4.68 Å². The number of carboxylic acid groups (broad SMARTS) is 1. The molecule has 0 radical (unpaired) electrons. The fourth-order valence-electron chi connectivity index (χ4n) is 2.04. The molecule has 0 saturated heterocycles. The van der Waals surface area contributed by atoms with Crippen molar-refractivity contribution < 1.29 is 14.6 Å². The zero-order chi connectivity index (χ0) is 11.9. The van der Waals surface area contributed by atoms with Crippen molar-refractivity contribution in [1.29, 1.82) is 0 Å². The predicted molar refractivity (Wildman–Crippen MR) is 57.4 cm³/mol. The lowest BCUT2D eigenvalue weighted by atomic mass is 9.96. The summed E-state index contributed by atoms with van der Waals surface area (Å²) in [6.45, 7) is 6.99. The number of hydrogen-bond acceptors (Lipinski definition) is 3. The van der Waals surface area contributed by atoms with E-state index in [1.807, 2.05) is 20.8 Å². The molecule has 1 aliphatic heterocycles. The Morgan fingerprint density at radius 2 is 2.31 bits per heavy atom. The van der Waals surface area contributed by atoms with Crippen molar-refractivity contribution in [2.45, 2.75) is 45.9 Å². The van der Waals surface area contributed by atoms with Crippen LogP contribution in [-0.4, -0.2) is 26.5 Å². The first-order valence-corrected chi connectivity index (χ1v) is 5.40. The molecule has 1 aromatic rings. The average Bonchev–Trinajstić information content (AvgIpc) is 2.54. The van der Waals surface area contributed by atoms with Crippen LogP contribution >= 0.6 is 0 Å². The molecule has 0 aromatic carbocycles. The van der Waals surface area contributed by atoms with Crippen LogP contribution in [0.15, 0.2) is 0 Å². The Kier molecular flexibility index (Phi) is 2.50. The van der Waals surface area contributed by atoms with Crippen molar-refractivity contribution in [2.24, 2.45) is 0 Å². The van der Waals surface area contributed by atoms with Gasteiger partial charge in [0.15, 0.2) is 5.69 Å². The molecule has 0 amide bonds. The molecule has 0 atom stereocenters. The highest BCUT2D eigenvalue weighted by molar-refractivity contribution is 5.87. The molecule has 0 spiro atoms. The van der Waals surface area contributed by atoms with Crippen molar-refractivity contribution in [3.63, 3.8) is 0 Å². The van der Waals surface area contributed by atoms with Gasteiger partial charge in [-0.2, -0.15) is 5.10 Å². The van der Waals surface area contributed by atoms with E-state index in [-0.39, 0.29) is 11.3 Å². The lowest BCUT2D eigenvalue weighted by Gasteiger charge is -2.30. The topological polar surface area (TPSA) is 64.4 Å². The third-order valence-electron chi connectivity index (χ3n) is 2.87. The van der Waals surface area contributed by atoms with Crippen LogP contribution < -0.4 is 0 Å². The van der Waals surface area contributed by atoms with Crippen molar-refractivity contribution in [1.82, 2.24) is 9.78 Å². The summed E-state index contributed by atoms with van der Waals surface area (Å²) < 4.78 is 7.39. The summed E-state index contributed by atoms with van der Waals surface area (Å²) in [6.07, 6.45) is 0.705. The van der Waals surface area contributed by atoms with Crippen LogP contribution in [0.1, 0.15) is 42.5 Å². The fourth-order valence-corrected chi connectivity index (χ4v) is 2.04. The lowest BCUT2D eigenvalue weighted by molar-refractivity contribution is -0.0419. The molecule has 2 heterocycles. The highest BCUT2D eigenvalue weighted by Gasteiger charge is 2.33. The van der Waals surface area contributed by atoms with E-state index < -0.39 is 5.97 Å². The number of rotatable bonds is 2. The number of carboxylic acids is 1. The first-order valence-electron chi connectivity index (χ1n) is 5.40. The normalized spacial score (nSPS) is 18.2. The van der Waals surface area contributed by atoms with E-state index in [0.717, 1.165) is 11.3 Å². The number of aryl methyl sites for hydroxylation is 1. The van der Waals surface area contributed by atoms with E-state index in [2.05, 4.69) is 5.10 Å². The minimum Gasteiger partial charge on any atom is -0.476 e. The minimum atomic E-state index is -0.980. The second-order valence-corrected chi connectivity index (χ2v) is 4.62. The van der Waals surface area contributed by atoms with Crippen LogP contribution in [0.5, 0.6) is 0 Å². The summed E-state index contributed by atoms with van der Waals surface area (Å²) in [6, 6.07) is 0. The van der Waals surface area contributed by atoms with Crippen molar-refractivity contribution in [2.75, 3.05) is 0 Å². The number of aromatic nitrogens is 2. The van der Waals surface area contributed by atoms with Gasteiger partial charge in [0.1, 0.15) is 0 Å². The molecule has 0 saturated carbocycles. The first kappa shape index (κ1) is 11.1. The second kappa shape index (κ2) is 3.59. The lowest BCUT2D eigenvalue weighted by Crippen LogP contribution is -2.33. The molecule has 0 fully saturated rings. The van der Waals surface area contributed by atoms with E-state index in [9.17, 15) is 4.79 Å². The number of fused-ring (bicyclic) bond motifs is 1. The molecular formula is C11H16N2O3. The zero-order valence-corrected chi connectivity index (χ0v) is 9.78. The third kappa shape index (κ3) is 1.71. The van der Waals surface area contributed by atoms with Crippen molar-refractivity contribution >= 4 is 5.97 Å². The number of carbonyl (C=O) groups is 1. The van der Waals surface area contributed by atoms with Gasteiger partial charge >= 0.3 is 5.97 Å². The first-order chi connectivity index (χ1) is 7.44. The quantitative estimate of drug-likeness (QED) is 0.825. The Balaban J connectivity index is 2.50. The SMILES string of the molecule is CCn1nc(C(=O)O)c2c1CC(C)(C)OC2. The van der Waals surface area contributed by atoms with Gasteiger partial charge in [0.25, 0.3) is 0 Å². The number of ether oxygens (including phenoxy) is 1. The molecule has 1 aromatic heterocycles.